The summed E-state index contributed by atoms with van der Waals surface area (Å²) in [6, 6.07) is 53.4. The van der Waals surface area contributed by atoms with Gasteiger partial charge in [-0.3, -0.25) is 9.59 Å². The van der Waals surface area contributed by atoms with E-state index in [9.17, 15) is 9.59 Å². The number of amides is 2. The molecule has 0 saturated heterocycles. The van der Waals surface area contributed by atoms with E-state index in [2.05, 4.69) is 72.8 Å². The first-order valence-corrected chi connectivity index (χ1v) is 17.0. The predicted molar refractivity (Wildman–Crippen MR) is 201 cm³/mol. The molecule has 0 aliphatic carbocycles. The molecule has 0 bridgehead atoms. The lowest BCUT2D eigenvalue weighted by atomic mass is 10.0. The maximum Gasteiger partial charge on any atom is 0.261 e. The molecule has 4 nitrogen and oxygen atoms in total. The van der Waals surface area contributed by atoms with Gasteiger partial charge in [0.25, 0.3) is 11.8 Å². The fraction of sp³-hybridized carbons (Fsp3) is 0.0870. The van der Waals surface area contributed by atoms with Crippen LogP contribution in [-0.4, -0.2) is 21.6 Å². The van der Waals surface area contributed by atoms with E-state index in [1.807, 2.05) is 98.8 Å². The van der Waals surface area contributed by atoms with E-state index < -0.39 is 0 Å². The second-order valence-corrected chi connectivity index (χ2v) is 13.1. The molecule has 0 saturated carbocycles. The van der Waals surface area contributed by atoms with Gasteiger partial charge in [0.1, 0.15) is 0 Å². The van der Waals surface area contributed by atoms with Crippen LogP contribution in [0.15, 0.2) is 169 Å². The first-order chi connectivity index (χ1) is 24.4. The molecular weight excluding hydrogens is 613 g/mol. The number of rotatable bonds is 8. The number of hydrogen-bond donors (Lipinski definition) is 0. The minimum Gasteiger partial charge on any atom is -0.302 e. The van der Waals surface area contributed by atoms with E-state index in [1.165, 1.54) is 0 Å². The van der Waals surface area contributed by atoms with Gasteiger partial charge in [0.15, 0.2) is 0 Å². The molecule has 0 fully saturated rings. The summed E-state index contributed by atoms with van der Waals surface area (Å²) in [4.78, 5) is 33.1. The molecule has 0 unspecified atom stereocenters. The Morgan fingerprint density at radius 2 is 0.660 bits per heavy atom. The van der Waals surface area contributed by atoms with Crippen molar-refractivity contribution in [1.82, 2.24) is 9.80 Å². The third-order valence-corrected chi connectivity index (χ3v) is 9.63. The number of carbonyl (C=O) groups is 2. The zero-order chi connectivity index (χ0) is 34.2. The third-order valence-electron chi connectivity index (χ3n) is 9.63. The molecule has 0 N–H and O–H groups in total. The maximum absolute atomic E-state index is 14.8. The molecule has 0 atom stereocenters. The van der Waals surface area contributed by atoms with E-state index >= 15 is 0 Å². The number of carbonyl (C=O) groups excluding carboxylic acids is 2. The van der Waals surface area contributed by atoms with Gasteiger partial charge in [0.2, 0.25) is 0 Å². The summed E-state index contributed by atoms with van der Waals surface area (Å²) in [5, 5.41) is 0. The van der Waals surface area contributed by atoms with Crippen molar-refractivity contribution in [1.29, 1.82) is 0 Å². The van der Waals surface area contributed by atoms with Gasteiger partial charge < -0.3 is 9.80 Å². The van der Waals surface area contributed by atoms with Crippen molar-refractivity contribution >= 4 is 23.2 Å². The van der Waals surface area contributed by atoms with E-state index in [-0.39, 0.29) is 11.8 Å². The van der Waals surface area contributed by atoms with E-state index in [4.69, 9.17) is 0 Å². The highest BCUT2D eigenvalue weighted by molar-refractivity contribution is 6.30. The van der Waals surface area contributed by atoms with Crippen molar-refractivity contribution in [3.05, 3.63) is 202 Å². The smallest absolute Gasteiger partial charge is 0.261 e. The van der Waals surface area contributed by atoms with Gasteiger partial charge >= 0.3 is 0 Å². The first kappa shape index (κ1) is 31.0. The predicted octanol–water partition coefficient (Wildman–Crippen LogP) is 9.84. The van der Waals surface area contributed by atoms with Crippen LogP contribution in [0.1, 0.15) is 33.4 Å². The van der Waals surface area contributed by atoms with Gasteiger partial charge in [0, 0.05) is 0 Å². The summed E-state index contributed by atoms with van der Waals surface area (Å²) < 4.78 is 0. The van der Waals surface area contributed by atoms with Crippen LogP contribution >= 0.6 is 0 Å². The van der Waals surface area contributed by atoms with Crippen LogP contribution in [-0.2, 0) is 22.7 Å². The number of nitrogens with zero attached hydrogens (tertiary/aromatic N) is 2. The van der Waals surface area contributed by atoms with Gasteiger partial charge in [-0.05, 0) is 58.4 Å². The van der Waals surface area contributed by atoms with Crippen LogP contribution in [0.3, 0.4) is 0 Å². The summed E-state index contributed by atoms with van der Waals surface area (Å²) in [6.45, 7) is 4.78. The summed E-state index contributed by atoms with van der Waals surface area (Å²) in [5.74, 6) is -0.317. The Morgan fingerprint density at radius 1 is 0.360 bits per heavy atom. The zero-order valence-corrected chi connectivity index (χ0v) is 28.1. The molecule has 2 aliphatic heterocycles. The topological polar surface area (TPSA) is 40.6 Å². The van der Waals surface area contributed by atoms with Crippen LogP contribution in [0.2, 0.25) is 0 Å². The van der Waals surface area contributed by atoms with E-state index in [0.717, 1.165) is 55.6 Å². The summed E-state index contributed by atoms with van der Waals surface area (Å²) >= 11 is 0. The Hall–Kier alpha value is -6.26. The minimum absolute atomic E-state index is 0.159. The fourth-order valence-electron chi connectivity index (χ4n) is 6.95. The molecule has 2 amide bonds. The Kier molecular flexibility index (Phi) is 8.06. The molecule has 8 rings (SSSR count). The lowest BCUT2D eigenvalue weighted by Crippen LogP contribution is -2.29. The molecule has 0 aromatic heterocycles. The fourth-order valence-corrected chi connectivity index (χ4v) is 6.95. The Morgan fingerprint density at radius 3 is 1.00 bits per heavy atom. The number of fused-ring (bicyclic) bond motifs is 1. The summed E-state index contributed by atoms with van der Waals surface area (Å²) in [5.41, 5.74) is 12.7. The molecule has 2 heterocycles. The average molecular weight is 649 g/mol. The van der Waals surface area contributed by atoms with Crippen molar-refractivity contribution in [2.45, 2.75) is 26.9 Å². The second kappa shape index (κ2) is 13.0. The highest BCUT2D eigenvalue weighted by atomic mass is 16.2. The molecule has 4 heteroatoms. The van der Waals surface area contributed by atoms with Gasteiger partial charge in [-0.2, -0.15) is 0 Å². The van der Waals surface area contributed by atoms with Gasteiger partial charge in [-0.1, -0.05) is 169 Å². The highest BCUT2D eigenvalue weighted by Crippen LogP contribution is 2.47. The van der Waals surface area contributed by atoms with Crippen LogP contribution in [0.4, 0.5) is 0 Å². The van der Waals surface area contributed by atoms with Crippen molar-refractivity contribution < 1.29 is 9.59 Å². The van der Waals surface area contributed by atoms with Gasteiger partial charge in [-0.15, -0.1) is 0 Å². The minimum atomic E-state index is -0.159. The molecular formula is C46H36N2O2. The lowest BCUT2D eigenvalue weighted by Gasteiger charge is -2.26. The van der Waals surface area contributed by atoms with Gasteiger partial charge in [0.05, 0.1) is 35.6 Å². The number of benzene rings is 6. The van der Waals surface area contributed by atoms with E-state index in [0.29, 0.717) is 35.6 Å². The molecule has 6 aromatic rings. The van der Waals surface area contributed by atoms with Crippen LogP contribution in [0.5, 0.6) is 0 Å². The molecule has 50 heavy (non-hydrogen) atoms. The zero-order valence-electron chi connectivity index (χ0n) is 28.1. The molecule has 0 radical (unpaired) electrons. The van der Waals surface area contributed by atoms with E-state index in [1.54, 1.807) is 9.80 Å². The van der Waals surface area contributed by atoms with Crippen LogP contribution < -0.4 is 0 Å². The Bertz CT molecular complexity index is 2100. The third kappa shape index (κ3) is 5.75. The van der Waals surface area contributed by atoms with Crippen molar-refractivity contribution in [2.24, 2.45) is 0 Å². The van der Waals surface area contributed by atoms with Gasteiger partial charge in [-0.25, -0.2) is 0 Å². The first-order valence-electron chi connectivity index (χ1n) is 17.0. The standard InChI is InChI=1S/C46H36N2O2/c1-31-13-21-39(22-14-31)43-41-42(46(50)47(43)29-33-17-25-37(26-18-33)35-9-5-3-6-10-35)44(40-23-15-32(2)16-24-40)48(45(41)49)30-34-19-27-38(28-20-34)36-11-7-4-8-12-36/h3-28H,29-30H2,1-2H3. The molecule has 0 spiro atoms. The van der Waals surface area contributed by atoms with Crippen molar-refractivity contribution in [3.63, 3.8) is 0 Å². The van der Waals surface area contributed by atoms with Crippen molar-refractivity contribution in [3.8, 4) is 22.3 Å². The van der Waals surface area contributed by atoms with Crippen LogP contribution in [0.25, 0.3) is 33.6 Å². The number of aryl methyl sites for hydroxylation is 2. The van der Waals surface area contributed by atoms with Crippen LogP contribution in [0, 0.1) is 13.8 Å². The Balaban J connectivity index is 1.22. The quantitative estimate of drug-likeness (QED) is 0.165. The maximum atomic E-state index is 14.8. The van der Waals surface area contributed by atoms with Crippen molar-refractivity contribution in [2.75, 3.05) is 0 Å². The number of hydrogen-bond acceptors (Lipinski definition) is 2. The second-order valence-electron chi connectivity index (χ2n) is 13.1. The molecule has 242 valence electrons. The SMILES string of the molecule is Cc1ccc(C2=C3C(=O)N(Cc4ccc(-c5ccccc5)cc4)C(c4ccc(C)cc4)=C3C(=O)N2Cc2ccc(-c3ccccc3)cc2)cc1. The summed E-state index contributed by atoms with van der Waals surface area (Å²) in [7, 11) is 0. The largest absolute Gasteiger partial charge is 0.302 e. The highest BCUT2D eigenvalue weighted by Gasteiger charge is 2.48. The average Bonchev–Trinajstić information content (AvgIpc) is 3.60. The normalized spacial score (nSPS) is 14.2. The summed E-state index contributed by atoms with van der Waals surface area (Å²) in [6.07, 6.45) is 0. The molecule has 2 aliphatic rings. The monoisotopic (exact) mass is 648 g/mol. The Labute approximate surface area is 293 Å². The molecule has 6 aromatic carbocycles. The lowest BCUT2D eigenvalue weighted by molar-refractivity contribution is -0.124.